The Hall–Kier alpha value is -0.740. The molecule has 0 aliphatic carbocycles. The third-order valence-corrected chi connectivity index (χ3v) is 2.69. The average molecular weight is 252 g/mol. The molecule has 5 heteroatoms. The Morgan fingerprint density at radius 1 is 1.19 bits per heavy atom. The van der Waals surface area contributed by atoms with E-state index < -0.39 is 12.1 Å². The molecule has 1 nitrogen and oxygen atoms in total. The molecule has 1 aromatic rings. The van der Waals surface area contributed by atoms with Crippen LogP contribution >= 0.6 is 11.6 Å². The molecular weight excluding hydrogens is 239 g/mol. The number of benzene rings is 1. The zero-order valence-electron chi connectivity index (χ0n) is 8.60. The molecule has 0 spiro atoms. The number of rotatable bonds is 4. The lowest BCUT2D eigenvalue weighted by atomic mass is 9.99. The van der Waals surface area contributed by atoms with Crippen LogP contribution in [-0.4, -0.2) is 12.7 Å². The van der Waals surface area contributed by atoms with Crippen LogP contribution in [0.1, 0.15) is 12.0 Å². The Morgan fingerprint density at radius 3 is 2.19 bits per heavy atom. The molecule has 0 heterocycles. The van der Waals surface area contributed by atoms with Crippen molar-refractivity contribution in [2.75, 3.05) is 6.54 Å². The number of hydrogen-bond donors (Lipinski definition) is 1. The van der Waals surface area contributed by atoms with Crippen molar-refractivity contribution in [2.45, 2.75) is 19.0 Å². The van der Waals surface area contributed by atoms with Crippen LogP contribution in [0.25, 0.3) is 0 Å². The number of halogens is 4. The van der Waals surface area contributed by atoms with Crippen LogP contribution in [-0.2, 0) is 6.42 Å². The highest BCUT2D eigenvalue weighted by Gasteiger charge is 2.37. The van der Waals surface area contributed by atoms with Crippen molar-refractivity contribution in [3.05, 3.63) is 34.9 Å². The van der Waals surface area contributed by atoms with Gasteiger partial charge in [-0.1, -0.05) is 23.7 Å². The summed E-state index contributed by atoms with van der Waals surface area (Å²) in [5, 5.41) is 0.579. The monoisotopic (exact) mass is 251 g/mol. The van der Waals surface area contributed by atoms with E-state index in [2.05, 4.69) is 0 Å². The minimum Gasteiger partial charge on any atom is -0.330 e. The maximum Gasteiger partial charge on any atom is 0.393 e. The SMILES string of the molecule is NCC(CCc1ccc(Cl)cc1)C(F)(F)F. The van der Waals surface area contributed by atoms with Crippen molar-refractivity contribution >= 4 is 11.6 Å². The number of aryl methyl sites for hydroxylation is 1. The van der Waals surface area contributed by atoms with Gasteiger partial charge < -0.3 is 5.73 Å². The molecule has 0 aromatic heterocycles. The van der Waals surface area contributed by atoms with Crippen LogP contribution in [0.3, 0.4) is 0 Å². The smallest absolute Gasteiger partial charge is 0.330 e. The molecule has 1 aromatic carbocycles. The quantitative estimate of drug-likeness (QED) is 0.872. The largest absolute Gasteiger partial charge is 0.393 e. The standard InChI is InChI=1S/C11H13ClF3N/c12-10-5-2-8(3-6-10)1-4-9(7-16)11(13,14)15/h2-3,5-6,9H,1,4,7,16H2. The molecule has 0 bridgehead atoms. The topological polar surface area (TPSA) is 26.0 Å². The minimum atomic E-state index is -4.21. The highest BCUT2D eigenvalue weighted by molar-refractivity contribution is 6.30. The van der Waals surface area contributed by atoms with Crippen LogP contribution in [0.15, 0.2) is 24.3 Å². The third-order valence-electron chi connectivity index (χ3n) is 2.44. The summed E-state index contributed by atoms with van der Waals surface area (Å²) >= 11 is 5.67. The first-order valence-corrected chi connectivity index (χ1v) is 5.32. The zero-order chi connectivity index (χ0) is 12.2. The highest BCUT2D eigenvalue weighted by Crippen LogP contribution is 2.29. The third kappa shape index (κ3) is 4.02. The second-order valence-corrected chi connectivity index (χ2v) is 4.08. The molecule has 0 fully saturated rings. The van der Waals surface area contributed by atoms with E-state index in [1.54, 1.807) is 24.3 Å². The number of nitrogens with two attached hydrogens (primary N) is 1. The molecule has 90 valence electrons. The molecule has 1 atom stereocenters. The summed E-state index contributed by atoms with van der Waals surface area (Å²) in [6, 6.07) is 6.79. The van der Waals surface area contributed by atoms with Gasteiger partial charge >= 0.3 is 6.18 Å². The predicted molar refractivity (Wildman–Crippen MR) is 58.4 cm³/mol. The molecule has 0 aliphatic rings. The second kappa shape index (κ2) is 5.55. The fourth-order valence-corrected chi connectivity index (χ4v) is 1.53. The predicted octanol–water partition coefficient (Wildman–Crippen LogP) is 3.41. The summed E-state index contributed by atoms with van der Waals surface area (Å²) < 4.78 is 37.2. The van der Waals surface area contributed by atoms with Gasteiger partial charge in [-0.15, -0.1) is 0 Å². The molecule has 0 amide bonds. The van der Waals surface area contributed by atoms with Crippen molar-refractivity contribution < 1.29 is 13.2 Å². The molecule has 0 saturated heterocycles. The first-order valence-electron chi connectivity index (χ1n) is 4.94. The second-order valence-electron chi connectivity index (χ2n) is 3.64. The lowest BCUT2D eigenvalue weighted by Crippen LogP contribution is -2.30. The summed E-state index contributed by atoms with van der Waals surface area (Å²) in [6.07, 6.45) is -3.83. The Bertz CT molecular complexity index is 321. The van der Waals surface area contributed by atoms with Crippen molar-refractivity contribution in [2.24, 2.45) is 11.7 Å². The number of alkyl halides is 3. The van der Waals surface area contributed by atoms with Crippen molar-refractivity contribution in [1.29, 1.82) is 0 Å². The molecule has 1 rings (SSSR count). The molecule has 2 N–H and O–H groups in total. The Labute approximate surface area is 97.4 Å². The van der Waals surface area contributed by atoms with Crippen LogP contribution in [0, 0.1) is 5.92 Å². The fraction of sp³-hybridized carbons (Fsp3) is 0.455. The molecule has 0 radical (unpaired) electrons. The summed E-state index contributed by atoms with van der Waals surface area (Å²) in [5.41, 5.74) is 5.95. The van der Waals surface area contributed by atoms with Crippen molar-refractivity contribution in [3.63, 3.8) is 0 Å². The Kier molecular flexibility index (Phi) is 4.62. The minimum absolute atomic E-state index is 0.0155. The van der Waals surface area contributed by atoms with E-state index in [-0.39, 0.29) is 13.0 Å². The molecule has 16 heavy (non-hydrogen) atoms. The normalized spacial score (nSPS) is 13.8. The van der Waals surface area contributed by atoms with Crippen LogP contribution < -0.4 is 5.73 Å². The summed E-state index contributed by atoms with van der Waals surface area (Å²) in [7, 11) is 0. The van der Waals surface area contributed by atoms with Gasteiger partial charge in [0.15, 0.2) is 0 Å². The maximum absolute atomic E-state index is 12.4. The fourth-order valence-electron chi connectivity index (χ4n) is 1.41. The van der Waals surface area contributed by atoms with Crippen LogP contribution in [0.2, 0.25) is 5.02 Å². The molecular formula is C11H13ClF3N. The van der Waals surface area contributed by atoms with Gasteiger partial charge in [-0.3, -0.25) is 0 Å². The first kappa shape index (κ1) is 13.3. The summed E-state index contributed by atoms with van der Waals surface area (Å²) in [5.74, 6) is -1.43. The Morgan fingerprint density at radius 2 is 1.75 bits per heavy atom. The van der Waals surface area contributed by atoms with Crippen LogP contribution in [0.5, 0.6) is 0 Å². The van der Waals surface area contributed by atoms with E-state index in [9.17, 15) is 13.2 Å². The van der Waals surface area contributed by atoms with Gasteiger partial charge in [0.1, 0.15) is 0 Å². The van der Waals surface area contributed by atoms with E-state index in [4.69, 9.17) is 17.3 Å². The van der Waals surface area contributed by atoms with Crippen LogP contribution in [0.4, 0.5) is 13.2 Å². The number of hydrogen-bond acceptors (Lipinski definition) is 1. The molecule has 0 aliphatic heterocycles. The molecule has 1 unspecified atom stereocenters. The summed E-state index contributed by atoms with van der Waals surface area (Å²) in [4.78, 5) is 0. The lowest BCUT2D eigenvalue weighted by molar-refractivity contribution is -0.173. The molecule has 0 saturated carbocycles. The summed E-state index contributed by atoms with van der Waals surface area (Å²) in [6.45, 7) is -0.364. The van der Waals surface area contributed by atoms with Crippen molar-refractivity contribution in [3.8, 4) is 0 Å². The average Bonchev–Trinajstić information content (AvgIpc) is 2.19. The van der Waals surface area contributed by atoms with Gasteiger partial charge in [-0.05, 0) is 30.5 Å². The maximum atomic E-state index is 12.4. The van der Waals surface area contributed by atoms with E-state index in [1.807, 2.05) is 0 Å². The highest BCUT2D eigenvalue weighted by atomic mass is 35.5. The van der Waals surface area contributed by atoms with Gasteiger partial charge in [0, 0.05) is 11.6 Å². The van der Waals surface area contributed by atoms with Crippen molar-refractivity contribution in [1.82, 2.24) is 0 Å². The van der Waals surface area contributed by atoms with Gasteiger partial charge in [-0.2, -0.15) is 13.2 Å². The van der Waals surface area contributed by atoms with E-state index in [1.165, 1.54) is 0 Å². The Balaban J connectivity index is 2.53. The van der Waals surface area contributed by atoms with Gasteiger partial charge in [-0.25, -0.2) is 0 Å². The lowest BCUT2D eigenvalue weighted by Gasteiger charge is -2.18. The zero-order valence-corrected chi connectivity index (χ0v) is 9.35. The van der Waals surface area contributed by atoms with E-state index in [0.717, 1.165) is 5.56 Å². The first-order chi connectivity index (χ1) is 7.43. The van der Waals surface area contributed by atoms with E-state index in [0.29, 0.717) is 11.4 Å². The van der Waals surface area contributed by atoms with Gasteiger partial charge in [0.25, 0.3) is 0 Å². The van der Waals surface area contributed by atoms with Gasteiger partial charge in [0.05, 0.1) is 5.92 Å². The van der Waals surface area contributed by atoms with E-state index >= 15 is 0 Å². The van der Waals surface area contributed by atoms with Gasteiger partial charge in [0.2, 0.25) is 0 Å².